The van der Waals surface area contributed by atoms with Crippen molar-refractivity contribution < 1.29 is 8.42 Å². The Labute approximate surface area is 167 Å². The predicted molar refractivity (Wildman–Crippen MR) is 106 cm³/mol. The average Bonchev–Trinajstić information content (AvgIpc) is 2.61. The van der Waals surface area contributed by atoms with Crippen LogP contribution in [0.25, 0.3) is 0 Å². The van der Waals surface area contributed by atoms with Gasteiger partial charge >= 0.3 is 0 Å². The number of pyridine rings is 1. The van der Waals surface area contributed by atoms with Crippen molar-refractivity contribution in [3.05, 3.63) is 45.0 Å². The van der Waals surface area contributed by atoms with E-state index in [0.29, 0.717) is 52.6 Å². The summed E-state index contributed by atoms with van der Waals surface area (Å²) in [6.45, 7) is 3.42. The molecule has 10 heteroatoms. The maximum absolute atomic E-state index is 12.8. The summed E-state index contributed by atoms with van der Waals surface area (Å²) in [5.74, 6) is 0.324. The Morgan fingerprint density at radius 3 is 2.15 bits per heavy atom. The lowest BCUT2D eigenvalue weighted by molar-refractivity contribution is 0.385. The SMILES string of the molecule is Cc1cc(S(=O)(=O)N2CCN(c3cc(Cl)c(Cl)c(Cl)c3)CC2)cnc1N. The fourth-order valence-corrected chi connectivity index (χ4v) is 4.80. The van der Waals surface area contributed by atoms with Crippen LogP contribution < -0.4 is 10.6 Å². The van der Waals surface area contributed by atoms with Gasteiger partial charge in [-0.05, 0) is 30.7 Å². The van der Waals surface area contributed by atoms with Gasteiger partial charge in [-0.25, -0.2) is 13.4 Å². The molecule has 2 N–H and O–H groups in total. The Bertz CT molecular complexity index is 922. The van der Waals surface area contributed by atoms with Gasteiger partial charge in [-0.1, -0.05) is 34.8 Å². The molecule has 1 aromatic heterocycles. The largest absolute Gasteiger partial charge is 0.383 e. The van der Waals surface area contributed by atoms with Gasteiger partial charge in [-0.15, -0.1) is 0 Å². The normalized spacial score (nSPS) is 16.1. The van der Waals surface area contributed by atoms with Crippen molar-refractivity contribution in [3.63, 3.8) is 0 Å². The third-order valence-corrected chi connectivity index (χ3v) is 7.36. The maximum Gasteiger partial charge on any atom is 0.244 e. The summed E-state index contributed by atoms with van der Waals surface area (Å²) in [6.07, 6.45) is 1.29. The first-order chi connectivity index (χ1) is 12.2. The lowest BCUT2D eigenvalue weighted by Gasteiger charge is -2.35. The fraction of sp³-hybridized carbons (Fsp3) is 0.312. The summed E-state index contributed by atoms with van der Waals surface area (Å²) in [6, 6.07) is 5.00. The van der Waals surface area contributed by atoms with Crippen LogP contribution in [0.15, 0.2) is 29.3 Å². The number of sulfonamides is 1. The van der Waals surface area contributed by atoms with Crippen LogP contribution in [-0.2, 0) is 10.0 Å². The highest BCUT2D eigenvalue weighted by Crippen LogP contribution is 2.35. The number of halogens is 3. The van der Waals surface area contributed by atoms with Gasteiger partial charge in [0.2, 0.25) is 10.0 Å². The highest BCUT2D eigenvalue weighted by Gasteiger charge is 2.29. The molecule has 1 aliphatic heterocycles. The van der Waals surface area contributed by atoms with E-state index in [4.69, 9.17) is 40.5 Å². The van der Waals surface area contributed by atoms with Gasteiger partial charge in [0.25, 0.3) is 0 Å². The van der Waals surface area contributed by atoms with Crippen molar-refractivity contribution in [2.75, 3.05) is 36.8 Å². The molecule has 2 aromatic rings. The lowest BCUT2D eigenvalue weighted by atomic mass is 10.2. The zero-order chi connectivity index (χ0) is 19.1. The van der Waals surface area contributed by atoms with Crippen LogP contribution in [0.1, 0.15) is 5.56 Å². The highest BCUT2D eigenvalue weighted by molar-refractivity contribution is 7.89. The zero-order valence-corrected chi connectivity index (χ0v) is 17.0. The van der Waals surface area contributed by atoms with Crippen molar-refractivity contribution >= 4 is 56.3 Å². The van der Waals surface area contributed by atoms with Crippen LogP contribution in [0.3, 0.4) is 0 Å². The van der Waals surface area contributed by atoms with E-state index in [2.05, 4.69) is 4.98 Å². The Hall–Kier alpha value is -1.25. The van der Waals surface area contributed by atoms with Gasteiger partial charge < -0.3 is 10.6 Å². The molecule has 3 rings (SSSR count). The highest BCUT2D eigenvalue weighted by atomic mass is 35.5. The van der Waals surface area contributed by atoms with Crippen LogP contribution in [0.2, 0.25) is 15.1 Å². The molecule has 1 saturated heterocycles. The van der Waals surface area contributed by atoms with E-state index < -0.39 is 10.0 Å². The molecule has 1 fully saturated rings. The van der Waals surface area contributed by atoms with E-state index in [1.807, 2.05) is 4.90 Å². The number of hydrogen-bond acceptors (Lipinski definition) is 5. The summed E-state index contributed by atoms with van der Waals surface area (Å²) in [5.41, 5.74) is 7.12. The quantitative estimate of drug-likeness (QED) is 0.747. The Kier molecular flexibility index (Phi) is 5.55. The van der Waals surface area contributed by atoms with Crippen LogP contribution >= 0.6 is 34.8 Å². The number of anilines is 2. The number of aromatic nitrogens is 1. The number of nitrogens with two attached hydrogens (primary N) is 1. The van der Waals surface area contributed by atoms with Crippen molar-refractivity contribution in [2.24, 2.45) is 0 Å². The summed E-state index contributed by atoms with van der Waals surface area (Å²) in [5, 5.41) is 1.05. The van der Waals surface area contributed by atoms with Gasteiger partial charge in [-0.2, -0.15) is 4.31 Å². The first-order valence-electron chi connectivity index (χ1n) is 7.82. The molecule has 0 saturated carbocycles. The Balaban J connectivity index is 1.76. The van der Waals surface area contributed by atoms with Crippen LogP contribution in [0.4, 0.5) is 11.5 Å². The van der Waals surface area contributed by atoms with E-state index in [-0.39, 0.29) is 4.90 Å². The van der Waals surface area contributed by atoms with Crippen molar-refractivity contribution in [1.82, 2.24) is 9.29 Å². The molecule has 6 nitrogen and oxygen atoms in total. The second-order valence-corrected chi connectivity index (χ2v) is 9.12. The first kappa shape index (κ1) is 19.5. The molecule has 0 spiro atoms. The van der Waals surface area contributed by atoms with E-state index in [9.17, 15) is 8.42 Å². The van der Waals surface area contributed by atoms with Crippen molar-refractivity contribution in [1.29, 1.82) is 0 Å². The maximum atomic E-state index is 12.8. The lowest BCUT2D eigenvalue weighted by Crippen LogP contribution is -2.48. The second-order valence-electron chi connectivity index (χ2n) is 5.99. The van der Waals surface area contributed by atoms with Gasteiger partial charge in [0, 0.05) is 38.1 Å². The molecule has 0 radical (unpaired) electrons. The molecule has 0 atom stereocenters. The van der Waals surface area contributed by atoms with Gasteiger partial charge in [0.15, 0.2) is 0 Å². The monoisotopic (exact) mass is 434 g/mol. The molecular formula is C16H17Cl3N4O2S. The van der Waals surface area contributed by atoms with Crippen LogP contribution in [0, 0.1) is 6.92 Å². The van der Waals surface area contributed by atoms with Gasteiger partial charge in [0.1, 0.15) is 10.7 Å². The summed E-state index contributed by atoms with van der Waals surface area (Å²) in [7, 11) is -3.61. The van der Waals surface area contributed by atoms with E-state index >= 15 is 0 Å². The predicted octanol–water partition coefficient (Wildman–Crippen LogP) is 3.44. The van der Waals surface area contributed by atoms with Gasteiger partial charge in [-0.3, -0.25) is 0 Å². The third-order valence-electron chi connectivity index (χ3n) is 4.30. The standard InChI is InChI=1S/C16H17Cl3N4O2S/c1-10-6-12(9-21-16(10)20)26(24,25)23-4-2-22(3-5-23)11-7-13(17)15(19)14(18)8-11/h6-9H,2-5H2,1H3,(H2,20,21). The van der Waals surface area contributed by atoms with Crippen molar-refractivity contribution in [2.45, 2.75) is 11.8 Å². The molecule has 1 aromatic carbocycles. The number of aryl methyl sites for hydroxylation is 1. The number of benzene rings is 1. The molecule has 0 aliphatic carbocycles. The number of hydrogen-bond donors (Lipinski definition) is 1. The molecule has 0 amide bonds. The van der Waals surface area contributed by atoms with E-state index in [1.54, 1.807) is 25.1 Å². The topological polar surface area (TPSA) is 79.5 Å². The number of nitrogen functional groups attached to an aromatic ring is 1. The Morgan fingerprint density at radius 2 is 1.62 bits per heavy atom. The van der Waals surface area contributed by atoms with E-state index in [0.717, 1.165) is 5.69 Å². The number of nitrogens with zero attached hydrogens (tertiary/aromatic N) is 3. The molecule has 2 heterocycles. The summed E-state index contributed by atoms with van der Waals surface area (Å²) < 4.78 is 27.1. The number of rotatable bonds is 3. The zero-order valence-electron chi connectivity index (χ0n) is 13.9. The van der Waals surface area contributed by atoms with Crippen molar-refractivity contribution in [3.8, 4) is 0 Å². The minimum atomic E-state index is -3.61. The van der Waals surface area contributed by atoms with Crippen LogP contribution in [0.5, 0.6) is 0 Å². The molecule has 0 unspecified atom stereocenters. The molecule has 26 heavy (non-hydrogen) atoms. The fourth-order valence-electron chi connectivity index (χ4n) is 2.76. The summed E-state index contributed by atoms with van der Waals surface area (Å²) in [4.78, 5) is 6.12. The van der Waals surface area contributed by atoms with Gasteiger partial charge in [0.05, 0.1) is 15.1 Å². The summed E-state index contributed by atoms with van der Waals surface area (Å²) >= 11 is 18.1. The molecular weight excluding hydrogens is 419 g/mol. The minimum Gasteiger partial charge on any atom is -0.383 e. The molecule has 1 aliphatic rings. The second kappa shape index (κ2) is 7.40. The number of piperazine rings is 1. The smallest absolute Gasteiger partial charge is 0.244 e. The average molecular weight is 436 g/mol. The third kappa shape index (κ3) is 3.73. The molecule has 0 bridgehead atoms. The first-order valence-corrected chi connectivity index (χ1v) is 10.4. The molecule has 140 valence electrons. The Morgan fingerprint density at radius 1 is 1.04 bits per heavy atom. The van der Waals surface area contributed by atoms with Crippen LogP contribution in [-0.4, -0.2) is 43.9 Å². The van der Waals surface area contributed by atoms with E-state index in [1.165, 1.54) is 10.5 Å². The minimum absolute atomic E-state index is 0.148.